The second kappa shape index (κ2) is 4.53. The lowest BCUT2D eigenvalue weighted by atomic mass is 9.93. The first-order valence-electron chi connectivity index (χ1n) is 5.48. The Hall–Kier alpha value is -1.55. The van der Waals surface area contributed by atoms with Crippen LogP contribution in [0.1, 0.15) is 17.5 Å². The third-order valence-corrected chi connectivity index (χ3v) is 3.10. The number of nitrogens with two attached hydrogens (primary N) is 1. The van der Waals surface area contributed by atoms with Crippen LogP contribution in [-0.4, -0.2) is 28.7 Å². The van der Waals surface area contributed by atoms with E-state index < -0.39 is 6.09 Å². The van der Waals surface area contributed by atoms with Gasteiger partial charge in [-0.15, -0.1) is 0 Å². The molecule has 0 unspecified atom stereocenters. The molecular weight excluding hydrogens is 204 g/mol. The third-order valence-electron chi connectivity index (χ3n) is 3.10. The summed E-state index contributed by atoms with van der Waals surface area (Å²) in [4.78, 5) is 12.6. The summed E-state index contributed by atoms with van der Waals surface area (Å²) in [6, 6.07) is 8.02. The van der Waals surface area contributed by atoms with Crippen LogP contribution in [0.5, 0.6) is 0 Å². The SMILES string of the molecule is NCC[C@@H]1Cc2ccccc2CN1C(=O)O. The number of nitrogens with zero attached hydrogens (tertiary/aromatic N) is 1. The van der Waals surface area contributed by atoms with Crippen molar-refractivity contribution in [1.82, 2.24) is 4.90 Å². The second-order valence-corrected chi connectivity index (χ2v) is 4.11. The van der Waals surface area contributed by atoms with Gasteiger partial charge in [-0.25, -0.2) is 4.79 Å². The summed E-state index contributed by atoms with van der Waals surface area (Å²) < 4.78 is 0. The van der Waals surface area contributed by atoms with E-state index in [9.17, 15) is 4.79 Å². The highest BCUT2D eigenvalue weighted by Gasteiger charge is 2.28. The quantitative estimate of drug-likeness (QED) is 0.792. The van der Waals surface area contributed by atoms with Crippen LogP contribution in [0.3, 0.4) is 0 Å². The molecule has 86 valence electrons. The number of hydrogen-bond donors (Lipinski definition) is 2. The van der Waals surface area contributed by atoms with Crippen molar-refractivity contribution in [2.75, 3.05) is 6.54 Å². The first-order chi connectivity index (χ1) is 7.72. The maximum absolute atomic E-state index is 11.1. The first-order valence-corrected chi connectivity index (χ1v) is 5.48. The predicted octanol–water partition coefficient (Wildman–Crippen LogP) is 1.44. The number of benzene rings is 1. The molecule has 0 radical (unpaired) electrons. The van der Waals surface area contributed by atoms with Crippen molar-refractivity contribution in [3.63, 3.8) is 0 Å². The molecular formula is C12H16N2O2. The smallest absolute Gasteiger partial charge is 0.407 e. The average molecular weight is 220 g/mol. The minimum atomic E-state index is -0.854. The fourth-order valence-corrected chi connectivity index (χ4v) is 2.26. The molecule has 0 fully saturated rings. The van der Waals surface area contributed by atoms with Crippen molar-refractivity contribution in [3.05, 3.63) is 35.4 Å². The number of carbonyl (C=O) groups is 1. The Morgan fingerprint density at radius 1 is 1.44 bits per heavy atom. The van der Waals surface area contributed by atoms with Crippen molar-refractivity contribution >= 4 is 6.09 Å². The topological polar surface area (TPSA) is 66.6 Å². The Morgan fingerprint density at radius 2 is 2.12 bits per heavy atom. The summed E-state index contributed by atoms with van der Waals surface area (Å²) in [7, 11) is 0. The van der Waals surface area contributed by atoms with Crippen LogP contribution in [0.4, 0.5) is 4.79 Å². The zero-order chi connectivity index (χ0) is 11.5. The molecule has 4 heteroatoms. The molecule has 0 aromatic heterocycles. The van der Waals surface area contributed by atoms with Crippen LogP contribution in [0, 0.1) is 0 Å². The van der Waals surface area contributed by atoms with Crippen LogP contribution in [-0.2, 0) is 13.0 Å². The van der Waals surface area contributed by atoms with E-state index in [1.807, 2.05) is 18.2 Å². The van der Waals surface area contributed by atoms with Gasteiger partial charge in [0.25, 0.3) is 0 Å². The van der Waals surface area contributed by atoms with Gasteiger partial charge in [-0.1, -0.05) is 24.3 Å². The fraction of sp³-hybridized carbons (Fsp3) is 0.417. The Bertz CT molecular complexity index is 392. The van der Waals surface area contributed by atoms with Crippen molar-refractivity contribution in [3.8, 4) is 0 Å². The normalized spacial score (nSPS) is 19.3. The van der Waals surface area contributed by atoms with Crippen molar-refractivity contribution in [1.29, 1.82) is 0 Å². The molecule has 1 aliphatic heterocycles. The monoisotopic (exact) mass is 220 g/mol. The summed E-state index contributed by atoms with van der Waals surface area (Å²) in [5.74, 6) is 0. The van der Waals surface area contributed by atoms with Gasteiger partial charge in [0.2, 0.25) is 0 Å². The van der Waals surface area contributed by atoms with Gasteiger partial charge in [-0.3, -0.25) is 0 Å². The third kappa shape index (κ3) is 2.02. The number of hydrogen-bond acceptors (Lipinski definition) is 2. The van der Waals surface area contributed by atoms with Crippen LogP contribution >= 0.6 is 0 Å². The van der Waals surface area contributed by atoms with E-state index in [4.69, 9.17) is 10.8 Å². The van der Waals surface area contributed by atoms with Crippen molar-refractivity contribution in [2.45, 2.75) is 25.4 Å². The molecule has 0 aliphatic carbocycles. The molecule has 3 N–H and O–H groups in total. The summed E-state index contributed by atoms with van der Waals surface area (Å²) in [5.41, 5.74) is 7.88. The van der Waals surface area contributed by atoms with E-state index in [0.29, 0.717) is 13.1 Å². The van der Waals surface area contributed by atoms with Gasteiger partial charge >= 0.3 is 6.09 Å². The zero-order valence-corrected chi connectivity index (χ0v) is 9.10. The highest BCUT2D eigenvalue weighted by Crippen LogP contribution is 2.24. The van der Waals surface area contributed by atoms with E-state index >= 15 is 0 Å². The molecule has 1 aromatic rings. The maximum atomic E-state index is 11.1. The van der Waals surface area contributed by atoms with E-state index in [1.165, 1.54) is 10.5 Å². The lowest BCUT2D eigenvalue weighted by molar-refractivity contribution is 0.112. The number of amides is 1. The number of rotatable bonds is 2. The van der Waals surface area contributed by atoms with Gasteiger partial charge in [0.1, 0.15) is 0 Å². The minimum Gasteiger partial charge on any atom is -0.465 e. The van der Waals surface area contributed by atoms with Crippen LogP contribution in [0.2, 0.25) is 0 Å². The molecule has 4 nitrogen and oxygen atoms in total. The molecule has 1 atom stereocenters. The molecule has 0 spiro atoms. The molecule has 16 heavy (non-hydrogen) atoms. The summed E-state index contributed by atoms with van der Waals surface area (Å²) >= 11 is 0. The molecule has 1 aliphatic rings. The summed E-state index contributed by atoms with van der Waals surface area (Å²) in [5, 5.41) is 9.15. The van der Waals surface area contributed by atoms with Gasteiger partial charge in [-0.05, 0) is 30.5 Å². The van der Waals surface area contributed by atoms with Gasteiger partial charge in [-0.2, -0.15) is 0 Å². The van der Waals surface area contributed by atoms with E-state index in [2.05, 4.69) is 6.07 Å². The van der Waals surface area contributed by atoms with Crippen LogP contribution < -0.4 is 5.73 Å². The highest BCUT2D eigenvalue weighted by molar-refractivity contribution is 5.66. The lowest BCUT2D eigenvalue weighted by Crippen LogP contribution is -2.44. The van der Waals surface area contributed by atoms with Crippen LogP contribution in [0.15, 0.2) is 24.3 Å². The molecule has 1 aromatic carbocycles. The van der Waals surface area contributed by atoms with Gasteiger partial charge in [0.05, 0.1) is 0 Å². The van der Waals surface area contributed by atoms with Crippen molar-refractivity contribution < 1.29 is 9.90 Å². The van der Waals surface area contributed by atoms with E-state index in [0.717, 1.165) is 18.4 Å². The zero-order valence-electron chi connectivity index (χ0n) is 9.10. The minimum absolute atomic E-state index is 0.0254. The molecule has 1 heterocycles. The lowest BCUT2D eigenvalue weighted by Gasteiger charge is -2.34. The van der Waals surface area contributed by atoms with Crippen molar-refractivity contribution in [2.24, 2.45) is 5.73 Å². The average Bonchev–Trinajstić information content (AvgIpc) is 2.28. The van der Waals surface area contributed by atoms with Gasteiger partial charge in [0, 0.05) is 12.6 Å². The Morgan fingerprint density at radius 3 is 2.75 bits per heavy atom. The number of fused-ring (bicyclic) bond motifs is 1. The van der Waals surface area contributed by atoms with E-state index in [-0.39, 0.29) is 6.04 Å². The second-order valence-electron chi connectivity index (χ2n) is 4.11. The summed E-state index contributed by atoms with van der Waals surface area (Å²) in [6.45, 7) is 1.01. The fourth-order valence-electron chi connectivity index (χ4n) is 2.26. The maximum Gasteiger partial charge on any atom is 0.407 e. The molecule has 0 saturated carbocycles. The van der Waals surface area contributed by atoms with E-state index in [1.54, 1.807) is 0 Å². The Balaban J connectivity index is 2.25. The molecule has 2 rings (SSSR count). The predicted molar refractivity (Wildman–Crippen MR) is 61.2 cm³/mol. The first kappa shape index (κ1) is 11.0. The molecule has 0 bridgehead atoms. The number of carboxylic acid groups (broad SMARTS) is 1. The van der Waals surface area contributed by atoms with Gasteiger partial charge < -0.3 is 15.7 Å². The Kier molecular flexibility index (Phi) is 3.10. The molecule has 0 saturated heterocycles. The Labute approximate surface area is 94.7 Å². The van der Waals surface area contributed by atoms with Crippen LogP contribution in [0.25, 0.3) is 0 Å². The summed E-state index contributed by atoms with van der Waals surface area (Å²) in [6.07, 6.45) is 0.647. The standard InChI is InChI=1S/C12H16N2O2/c13-6-5-11-7-9-3-1-2-4-10(9)8-14(11)12(15)16/h1-4,11H,5-8,13H2,(H,15,16)/t11-/m1/s1. The largest absolute Gasteiger partial charge is 0.465 e. The highest BCUT2D eigenvalue weighted by atomic mass is 16.4. The molecule has 1 amide bonds. The van der Waals surface area contributed by atoms with Gasteiger partial charge in [0.15, 0.2) is 0 Å².